The third-order valence-electron chi connectivity index (χ3n) is 4.53. The summed E-state index contributed by atoms with van der Waals surface area (Å²) in [6.45, 7) is 7.39. The number of amides is 1. The molecule has 1 unspecified atom stereocenters. The van der Waals surface area contributed by atoms with E-state index in [1.54, 1.807) is 0 Å². The molecule has 128 valence electrons. The lowest BCUT2D eigenvalue weighted by atomic mass is 10.1. The third-order valence-corrected chi connectivity index (χ3v) is 5.75. The first-order valence-corrected chi connectivity index (χ1v) is 9.49. The number of likely N-dealkylation sites (tertiary alicyclic amines) is 1. The van der Waals surface area contributed by atoms with E-state index in [0.717, 1.165) is 34.1 Å². The highest BCUT2D eigenvalue weighted by atomic mass is 32.1. The molecule has 0 spiro atoms. The molecule has 0 aliphatic carbocycles. The number of carbonyl (C=O) groups excluding carboxylic acids is 1. The molecule has 1 amide bonds. The monoisotopic (exact) mass is 343 g/mol. The summed E-state index contributed by atoms with van der Waals surface area (Å²) in [5.74, 6) is -0.0197. The minimum atomic E-state index is -0.0197. The Morgan fingerprint density at radius 2 is 2.00 bits per heavy atom. The lowest BCUT2D eigenvalue weighted by Gasteiger charge is -2.13. The maximum Gasteiger partial charge on any atom is 0.263 e. The van der Waals surface area contributed by atoms with E-state index in [1.165, 1.54) is 37.3 Å². The van der Waals surface area contributed by atoms with E-state index in [4.69, 9.17) is 0 Å². The van der Waals surface area contributed by atoms with Gasteiger partial charge in [0.2, 0.25) is 0 Å². The van der Waals surface area contributed by atoms with Gasteiger partial charge in [-0.2, -0.15) is 0 Å². The molecule has 0 saturated carbocycles. The van der Waals surface area contributed by atoms with Crippen LogP contribution < -0.4 is 5.32 Å². The Balaban J connectivity index is 1.60. The Morgan fingerprint density at radius 3 is 2.71 bits per heavy atom. The summed E-state index contributed by atoms with van der Waals surface area (Å²) in [5, 5.41) is 4.15. The van der Waals surface area contributed by atoms with Crippen LogP contribution in [0.25, 0.3) is 0 Å². The van der Waals surface area contributed by atoms with E-state index in [9.17, 15) is 4.79 Å². The van der Waals surface area contributed by atoms with Gasteiger partial charge in [0.1, 0.15) is 4.88 Å². The first-order chi connectivity index (χ1) is 11.6. The fourth-order valence-corrected chi connectivity index (χ4v) is 4.07. The minimum Gasteiger partial charge on any atom is -0.345 e. The van der Waals surface area contributed by atoms with Crippen molar-refractivity contribution in [3.05, 3.63) is 51.5 Å². The van der Waals surface area contributed by atoms with Gasteiger partial charge in [0.05, 0.1) is 16.7 Å². The highest BCUT2D eigenvalue weighted by Crippen LogP contribution is 2.21. The molecule has 1 fully saturated rings. The maximum absolute atomic E-state index is 12.6. The molecule has 0 bridgehead atoms. The Labute approximate surface area is 147 Å². The molecular formula is C19H25N3OS. The molecule has 1 aliphatic heterocycles. The van der Waals surface area contributed by atoms with Gasteiger partial charge in [0.25, 0.3) is 5.91 Å². The van der Waals surface area contributed by atoms with Crippen LogP contribution in [-0.4, -0.2) is 35.4 Å². The highest BCUT2D eigenvalue weighted by Gasteiger charge is 2.18. The molecule has 1 aromatic carbocycles. The largest absolute Gasteiger partial charge is 0.345 e. The van der Waals surface area contributed by atoms with Crippen LogP contribution in [-0.2, 0) is 6.42 Å². The van der Waals surface area contributed by atoms with Crippen LogP contribution in [0.3, 0.4) is 0 Å². The van der Waals surface area contributed by atoms with Crippen molar-refractivity contribution in [3.8, 4) is 0 Å². The van der Waals surface area contributed by atoms with Crippen molar-refractivity contribution in [2.75, 3.05) is 19.6 Å². The van der Waals surface area contributed by atoms with E-state index < -0.39 is 0 Å². The second-order valence-corrected chi connectivity index (χ2v) is 7.51. The zero-order chi connectivity index (χ0) is 16.9. The van der Waals surface area contributed by atoms with E-state index in [-0.39, 0.29) is 11.9 Å². The molecule has 3 rings (SSSR count). The normalized spacial score (nSPS) is 16.2. The first-order valence-electron chi connectivity index (χ1n) is 8.68. The number of aromatic nitrogens is 1. The predicted molar refractivity (Wildman–Crippen MR) is 98.6 cm³/mol. The number of hydrogen-bond acceptors (Lipinski definition) is 4. The Morgan fingerprint density at radius 1 is 1.29 bits per heavy atom. The van der Waals surface area contributed by atoms with Crippen molar-refractivity contribution >= 4 is 17.2 Å². The van der Waals surface area contributed by atoms with Crippen molar-refractivity contribution in [1.82, 2.24) is 15.2 Å². The van der Waals surface area contributed by atoms with E-state index in [1.807, 2.05) is 44.2 Å². The molecular weight excluding hydrogens is 318 g/mol. The summed E-state index contributed by atoms with van der Waals surface area (Å²) in [7, 11) is 0. The Bertz CT molecular complexity index is 677. The fraction of sp³-hybridized carbons (Fsp3) is 0.474. The van der Waals surface area contributed by atoms with Crippen LogP contribution in [0.5, 0.6) is 0 Å². The van der Waals surface area contributed by atoms with Crippen molar-refractivity contribution in [1.29, 1.82) is 0 Å². The maximum atomic E-state index is 12.6. The number of rotatable bonds is 6. The smallest absolute Gasteiger partial charge is 0.263 e. The molecule has 1 aliphatic rings. The number of carbonyl (C=O) groups is 1. The predicted octanol–water partition coefficient (Wildman–Crippen LogP) is 3.58. The van der Waals surface area contributed by atoms with Crippen molar-refractivity contribution in [3.63, 3.8) is 0 Å². The molecule has 24 heavy (non-hydrogen) atoms. The summed E-state index contributed by atoms with van der Waals surface area (Å²) >= 11 is 1.54. The first kappa shape index (κ1) is 17.1. The fourth-order valence-electron chi connectivity index (χ4n) is 3.12. The molecule has 4 nitrogen and oxygen atoms in total. The van der Waals surface area contributed by atoms with Gasteiger partial charge >= 0.3 is 0 Å². The number of hydrogen-bond donors (Lipinski definition) is 1. The second-order valence-electron chi connectivity index (χ2n) is 6.43. The lowest BCUT2D eigenvalue weighted by molar-refractivity contribution is 0.0943. The summed E-state index contributed by atoms with van der Waals surface area (Å²) < 4.78 is 0. The molecule has 2 aromatic rings. The third kappa shape index (κ3) is 4.22. The van der Waals surface area contributed by atoms with E-state index >= 15 is 0 Å². The van der Waals surface area contributed by atoms with E-state index in [2.05, 4.69) is 15.2 Å². The van der Waals surface area contributed by atoms with Gasteiger partial charge in [-0.25, -0.2) is 4.98 Å². The van der Waals surface area contributed by atoms with E-state index in [0.29, 0.717) is 0 Å². The average molecular weight is 343 g/mol. The van der Waals surface area contributed by atoms with Gasteiger partial charge in [-0.15, -0.1) is 11.3 Å². The number of aryl methyl sites for hydroxylation is 1. The van der Waals surface area contributed by atoms with Crippen LogP contribution in [0.1, 0.15) is 51.7 Å². The Hall–Kier alpha value is -1.72. The van der Waals surface area contributed by atoms with Gasteiger partial charge in [-0.1, -0.05) is 30.3 Å². The molecule has 0 radical (unpaired) electrons. The standard InChI is InChI=1S/C19H25N3OS/c1-14(16-8-4-3-5-9-16)21-19(23)18-15(2)20-17(24-18)10-13-22-11-6-7-12-22/h3-5,8-9,14H,6-7,10-13H2,1-2H3,(H,21,23). The van der Waals surface area contributed by atoms with Gasteiger partial charge in [0.15, 0.2) is 0 Å². The van der Waals surface area contributed by atoms with Crippen LogP contribution in [0.4, 0.5) is 0 Å². The van der Waals surface area contributed by atoms with Crippen molar-refractivity contribution < 1.29 is 4.79 Å². The van der Waals surface area contributed by atoms with Gasteiger partial charge < -0.3 is 10.2 Å². The molecule has 2 heterocycles. The average Bonchev–Trinajstić information content (AvgIpc) is 3.23. The van der Waals surface area contributed by atoms with Crippen molar-refractivity contribution in [2.45, 2.75) is 39.2 Å². The molecule has 1 aromatic heterocycles. The summed E-state index contributed by atoms with van der Waals surface area (Å²) in [6.07, 6.45) is 3.55. The van der Waals surface area contributed by atoms with Crippen LogP contribution in [0.2, 0.25) is 0 Å². The van der Waals surface area contributed by atoms with Crippen LogP contribution in [0, 0.1) is 6.92 Å². The molecule has 5 heteroatoms. The quantitative estimate of drug-likeness (QED) is 0.872. The minimum absolute atomic E-state index is 0.00625. The highest BCUT2D eigenvalue weighted by molar-refractivity contribution is 7.13. The number of thiazole rings is 1. The van der Waals surface area contributed by atoms with Gasteiger partial charge in [0, 0.05) is 13.0 Å². The summed E-state index contributed by atoms with van der Waals surface area (Å²) in [5.41, 5.74) is 1.96. The lowest BCUT2D eigenvalue weighted by Crippen LogP contribution is -2.26. The Kier molecular flexibility index (Phi) is 5.63. The summed E-state index contributed by atoms with van der Waals surface area (Å²) in [6, 6.07) is 10.0. The van der Waals surface area contributed by atoms with Gasteiger partial charge in [-0.3, -0.25) is 4.79 Å². The topological polar surface area (TPSA) is 45.2 Å². The zero-order valence-electron chi connectivity index (χ0n) is 14.4. The molecule has 1 saturated heterocycles. The number of nitrogens with zero attached hydrogens (tertiary/aromatic N) is 2. The number of benzene rings is 1. The molecule has 1 atom stereocenters. The number of nitrogens with one attached hydrogen (secondary N) is 1. The van der Waals surface area contributed by atoms with Crippen LogP contribution in [0.15, 0.2) is 30.3 Å². The van der Waals surface area contributed by atoms with Crippen LogP contribution >= 0.6 is 11.3 Å². The zero-order valence-corrected chi connectivity index (χ0v) is 15.2. The molecule has 1 N–H and O–H groups in total. The summed E-state index contributed by atoms with van der Waals surface area (Å²) in [4.78, 5) is 20.4. The van der Waals surface area contributed by atoms with Gasteiger partial charge in [-0.05, 0) is 45.3 Å². The second kappa shape index (κ2) is 7.90. The van der Waals surface area contributed by atoms with Crippen molar-refractivity contribution in [2.24, 2.45) is 0 Å². The SMILES string of the molecule is Cc1nc(CCN2CCCC2)sc1C(=O)NC(C)c1ccccc1.